The first-order valence-corrected chi connectivity index (χ1v) is 17.0. The number of ether oxygens (including phenoxy) is 1. The van der Waals surface area contributed by atoms with Crippen molar-refractivity contribution in [2.45, 2.75) is 129 Å². The minimum absolute atomic E-state index is 0.0552. The van der Waals surface area contributed by atoms with Crippen molar-refractivity contribution in [1.82, 2.24) is 0 Å². The predicted octanol–water partition coefficient (Wildman–Crippen LogP) is 7.33. The van der Waals surface area contributed by atoms with E-state index in [1.54, 1.807) is 0 Å². The van der Waals surface area contributed by atoms with Crippen molar-refractivity contribution >= 4 is 13.8 Å². The fourth-order valence-electron chi connectivity index (χ4n) is 4.00. The summed E-state index contributed by atoms with van der Waals surface area (Å²) in [6, 6.07) is 0. The molecular weight excluding hydrogens is 517 g/mol. The molecule has 0 saturated heterocycles. The number of likely N-dealkylation sites (N-methyl/N-ethyl adjacent to an activating group) is 1. The van der Waals surface area contributed by atoms with Gasteiger partial charge in [-0.15, -0.1) is 0 Å². The Morgan fingerprint density at radius 2 is 1.26 bits per heavy atom. The number of rotatable bonds is 28. The van der Waals surface area contributed by atoms with Gasteiger partial charge in [-0.1, -0.05) is 96.1 Å². The number of aliphatic hydroxyl groups is 1. The average molecular weight is 579 g/mol. The molecule has 0 aromatic heterocycles. The van der Waals surface area contributed by atoms with E-state index in [-0.39, 0.29) is 19.2 Å². The zero-order valence-corrected chi connectivity index (χ0v) is 26.5. The number of carbonyl (C=O) groups is 1. The summed E-state index contributed by atoms with van der Waals surface area (Å²) in [5.74, 6) is -0.374. The number of aliphatic hydroxyl groups excluding tert-OH is 1. The highest BCUT2D eigenvalue weighted by molar-refractivity contribution is 7.47. The first kappa shape index (κ1) is 38.2. The number of esters is 1. The summed E-state index contributed by atoms with van der Waals surface area (Å²) in [5.41, 5.74) is 0. The maximum Gasteiger partial charge on any atom is 0.472 e. The summed E-state index contributed by atoms with van der Waals surface area (Å²) < 4.78 is 27.1. The minimum Gasteiger partial charge on any atom is -0.463 e. The minimum atomic E-state index is -4.24. The van der Waals surface area contributed by atoms with Gasteiger partial charge in [-0.2, -0.15) is 0 Å². The summed E-state index contributed by atoms with van der Waals surface area (Å²) in [4.78, 5) is 21.5. The van der Waals surface area contributed by atoms with E-state index < -0.39 is 20.5 Å². The topological polar surface area (TPSA) is 102 Å². The highest BCUT2D eigenvalue weighted by atomic mass is 31.2. The van der Waals surface area contributed by atoms with E-state index in [1.165, 1.54) is 89.9 Å². The maximum absolute atomic E-state index is 11.9. The summed E-state index contributed by atoms with van der Waals surface area (Å²) in [6.07, 6.45) is 25.0. The van der Waals surface area contributed by atoms with Gasteiger partial charge < -0.3 is 19.2 Å². The highest BCUT2D eigenvalue weighted by Crippen LogP contribution is 2.43. The lowest BCUT2D eigenvalue weighted by atomic mass is 10.1. The molecule has 0 aliphatic rings. The van der Waals surface area contributed by atoms with Crippen LogP contribution in [-0.2, 0) is 23.1 Å². The Morgan fingerprint density at radius 3 is 1.77 bits per heavy atom. The largest absolute Gasteiger partial charge is 0.472 e. The lowest BCUT2D eigenvalue weighted by Crippen LogP contribution is -2.37. The number of hydrogen-bond donors (Lipinski definition) is 2. The zero-order valence-electron chi connectivity index (χ0n) is 25.6. The molecule has 0 rings (SSSR count). The van der Waals surface area contributed by atoms with Crippen molar-refractivity contribution in [1.29, 1.82) is 0 Å². The van der Waals surface area contributed by atoms with Crippen LogP contribution in [0.4, 0.5) is 0 Å². The van der Waals surface area contributed by atoms with Crippen LogP contribution in [0, 0.1) is 0 Å². The van der Waals surface area contributed by atoms with Crippen LogP contribution in [-0.4, -0.2) is 74.1 Å². The highest BCUT2D eigenvalue weighted by Gasteiger charge is 2.24. The Morgan fingerprint density at radius 1 is 0.769 bits per heavy atom. The lowest BCUT2D eigenvalue weighted by molar-refractivity contribution is -0.870. The van der Waals surface area contributed by atoms with Gasteiger partial charge in [-0.05, 0) is 32.1 Å². The molecule has 0 aliphatic heterocycles. The van der Waals surface area contributed by atoms with E-state index in [1.807, 2.05) is 21.1 Å². The molecule has 9 heteroatoms. The summed E-state index contributed by atoms with van der Waals surface area (Å²) in [5, 5.41) is 9.85. The van der Waals surface area contributed by atoms with Gasteiger partial charge in [0.1, 0.15) is 25.9 Å². The Bertz CT molecular complexity index is 652. The van der Waals surface area contributed by atoms with Crippen LogP contribution in [0.15, 0.2) is 12.2 Å². The Labute approximate surface area is 239 Å². The number of allylic oxidation sites excluding steroid dienone is 2. The van der Waals surface area contributed by atoms with Gasteiger partial charge in [0.25, 0.3) is 0 Å². The number of unbranched alkanes of at least 4 members (excludes halogenated alkanes) is 15. The smallest absolute Gasteiger partial charge is 0.463 e. The van der Waals surface area contributed by atoms with Crippen molar-refractivity contribution in [3.8, 4) is 0 Å². The second kappa shape index (κ2) is 25.0. The standard InChI is InChI=1S/C30H60NO7P/c1-5-6-7-8-9-10-11-12-13-14-15-16-17-18-19-20-21-22-23-24-30(33)36-27-29(32)28-38-39(34,35)37-26-25-31(2,3)4/h12-13,29,32H,5-11,14-28H2,1-4H3/p+1/b13-12-/t29-/m1/s1. The average Bonchev–Trinajstić information content (AvgIpc) is 2.86. The number of phosphoric acid groups is 1. The van der Waals surface area contributed by atoms with E-state index in [0.717, 1.165) is 19.3 Å². The Hall–Kier alpha value is -0.760. The molecule has 0 aromatic rings. The van der Waals surface area contributed by atoms with Crippen LogP contribution in [0.2, 0.25) is 0 Å². The third-order valence-electron chi connectivity index (χ3n) is 6.53. The van der Waals surface area contributed by atoms with Crippen molar-refractivity contribution in [2.75, 3.05) is 47.5 Å². The van der Waals surface area contributed by atoms with Gasteiger partial charge in [-0.3, -0.25) is 13.8 Å². The van der Waals surface area contributed by atoms with Crippen molar-refractivity contribution < 1.29 is 37.6 Å². The van der Waals surface area contributed by atoms with Crippen LogP contribution in [0.5, 0.6) is 0 Å². The molecular formula is C30H61NO7P+. The Kier molecular flexibility index (Phi) is 24.5. The maximum atomic E-state index is 11.9. The molecule has 232 valence electrons. The second-order valence-corrected chi connectivity index (χ2v) is 13.2. The number of hydrogen-bond acceptors (Lipinski definition) is 6. The molecule has 0 aliphatic carbocycles. The van der Waals surface area contributed by atoms with Crippen LogP contribution >= 0.6 is 7.82 Å². The van der Waals surface area contributed by atoms with Gasteiger partial charge in [0.2, 0.25) is 0 Å². The molecule has 0 fully saturated rings. The number of phosphoric ester groups is 1. The van der Waals surface area contributed by atoms with E-state index in [2.05, 4.69) is 19.1 Å². The van der Waals surface area contributed by atoms with Crippen molar-refractivity contribution in [3.63, 3.8) is 0 Å². The molecule has 0 amide bonds. The second-order valence-electron chi connectivity index (χ2n) is 11.7. The predicted molar refractivity (Wildman–Crippen MR) is 160 cm³/mol. The van der Waals surface area contributed by atoms with Crippen LogP contribution in [0.1, 0.15) is 122 Å². The molecule has 0 aromatic carbocycles. The quantitative estimate of drug-likeness (QED) is 0.0329. The molecule has 1 unspecified atom stereocenters. The van der Waals surface area contributed by atoms with Crippen LogP contribution in [0.25, 0.3) is 0 Å². The summed E-state index contributed by atoms with van der Waals surface area (Å²) in [7, 11) is 1.56. The van der Waals surface area contributed by atoms with E-state index >= 15 is 0 Å². The lowest BCUT2D eigenvalue weighted by Gasteiger charge is -2.24. The van der Waals surface area contributed by atoms with Gasteiger partial charge in [0.05, 0.1) is 27.7 Å². The Balaban J connectivity index is 3.50. The number of nitrogens with zero attached hydrogens (tertiary/aromatic N) is 1. The van der Waals surface area contributed by atoms with Crippen LogP contribution in [0.3, 0.4) is 0 Å². The van der Waals surface area contributed by atoms with Crippen molar-refractivity contribution in [3.05, 3.63) is 12.2 Å². The first-order chi connectivity index (χ1) is 18.6. The number of quaternary nitrogens is 1. The zero-order chi connectivity index (χ0) is 29.2. The van der Waals surface area contributed by atoms with Gasteiger partial charge >= 0.3 is 13.8 Å². The molecule has 0 saturated carbocycles. The van der Waals surface area contributed by atoms with Crippen LogP contribution < -0.4 is 0 Å². The van der Waals surface area contributed by atoms with Gasteiger partial charge in [-0.25, -0.2) is 4.57 Å². The normalized spacial score (nSPS) is 14.5. The molecule has 0 spiro atoms. The molecule has 2 N–H and O–H groups in total. The van der Waals surface area contributed by atoms with E-state index in [4.69, 9.17) is 13.8 Å². The molecule has 0 bridgehead atoms. The molecule has 0 radical (unpaired) electrons. The van der Waals surface area contributed by atoms with Crippen molar-refractivity contribution in [2.24, 2.45) is 0 Å². The number of carbonyl (C=O) groups excluding carboxylic acids is 1. The van der Waals surface area contributed by atoms with E-state index in [0.29, 0.717) is 17.4 Å². The molecule has 0 heterocycles. The molecule has 8 nitrogen and oxygen atoms in total. The van der Waals surface area contributed by atoms with E-state index in [9.17, 15) is 19.4 Å². The van der Waals surface area contributed by atoms with Gasteiger partial charge in [0.15, 0.2) is 0 Å². The SMILES string of the molecule is CCCCCCCC/C=C\CCCCCCCCCCCC(=O)OC[C@@H](O)COP(=O)(O)OCC[N+](C)(C)C. The summed E-state index contributed by atoms with van der Waals surface area (Å²) in [6.45, 7) is 2.14. The molecule has 39 heavy (non-hydrogen) atoms. The third kappa shape index (κ3) is 30.0. The summed E-state index contributed by atoms with van der Waals surface area (Å²) >= 11 is 0. The first-order valence-electron chi connectivity index (χ1n) is 15.5. The van der Waals surface area contributed by atoms with Gasteiger partial charge in [0, 0.05) is 6.42 Å². The molecule has 2 atom stereocenters. The fraction of sp³-hybridized carbons (Fsp3) is 0.900. The third-order valence-corrected chi connectivity index (χ3v) is 7.51. The monoisotopic (exact) mass is 578 g/mol. The fourth-order valence-corrected chi connectivity index (χ4v) is 4.75.